The van der Waals surface area contributed by atoms with E-state index in [0.29, 0.717) is 11.5 Å². The number of thioether (sulfide) groups is 1. The van der Waals surface area contributed by atoms with Crippen molar-refractivity contribution in [2.45, 2.75) is 117 Å². The lowest BCUT2D eigenvalue weighted by molar-refractivity contribution is -0.326. The fourth-order valence-electron chi connectivity index (χ4n) is 2.50. The second-order valence-corrected chi connectivity index (χ2v) is 9.85. The summed E-state index contributed by atoms with van der Waals surface area (Å²) in [5, 5.41) is 0. The molecule has 0 unspecified atom stereocenters. The molecule has 0 aromatic rings. The maximum absolute atomic E-state index is 11.8. The van der Waals surface area contributed by atoms with Crippen LogP contribution in [0.2, 0.25) is 0 Å². The molecule has 0 heterocycles. The van der Waals surface area contributed by atoms with E-state index >= 15 is 0 Å². The minimum Gasteiger partial charge on any atom is -0.298 e. The highest BCUT2D eigenvalue weighted by molar-refractivity contribution is 7.99. The van der Waals surface area contributed by atoms with Crippen LogP contribution < -0.4 is 0 Å². The van der Waals surface area contributed by atoms with Crippen LogP contribution in [0.5, 0.6) is 0 Å². The van der Waals surface area contributed by atoms with Gasteiger partial charge in [-0.15, -0.1) is 0 Å². The number of rotatable bonds is 18. The second kappa shape index (κ2) is 16.0. The minimum absolute atomic E-state index is 0.242. The first-order chi connectivity index (χ1) is 13.6. The lowest BCUT2D eigenvalue weighted by atomic mass is 10.0. The molecule has 0 bridgehead atoms. The minimum atomic E-state index is -0.466. The van der Waals surface area contributed by atoms with Gasteiger partial charge < -0.3 is 0 Å². The Morgan fingerprint density at radius 1 is 0.690 bits per heavy atom. The topological polar surface area (TPSA) is 71.1 Å². The molecule has 0 saturated heterocycles. The van der Waals surface area contributed by atoms with E-state index in [-0.39, 0.29) is 24.8 Å². The van der Waals surface area contributed by atoms with Gasteiger partial charge in [-0.1, -0.05) is 52.4 Å². The molecule has 0 saturated carbocycles. The fourth-order valence-corrected chi connectivity index (χ4v) is 3.33. The molecular weight excluding hydrogens is 392 g/mol. The molecule has 29 heavy (non-hydrogen) atoms. The van der Waals surface area contributed by atoms with Crippen LogP contribution >= 0.6 is 11.8 Å². The van der Waals surface area contributed by atoms with Gasteiger partial charge in [-0.3, -0.25) is 9.78 Å². The molecule has 6 nitrogen and oxygen atoms in total. The normalized spacial score (nSPS) is 12.1. The third kappa shape index (κ3) is 17.8. The monoisotopic (exact) mass is 434 g/mol. The Bertz CT molecular complexity index is 411. The van der Waals surface area contributed by atoms with Crippen molar-refractivity contribution in [3.8, 4) is 0 Å². The molecule has 0 atom stereocenters. The van der Waals surface area contributed by atoms with Crippen molar-refractivity contribution in [1.29, 1.82) is 0 Å². The van der Waals surface area contributed by atoms with Crippen molar-refractivity contribution >= 4 is 23.7 Å². The highest BCUT2D eigenvalue weighted by Crippen LogP contribution is 2.20. The Morgan fingerprint density at radius 3 is 1.41 bits per heavy atom. The molecule has 0 fully saturated rings. The van der Waals surface area contributed by atoms with Gasteiger partial charge in [-0.25, -0.2) is 9.59 Å². The number of hydrogen-bond donors (Lipinski definition) is 0. The van der Waals surface area contributed by atoms with Gasteiger partial charge in [0.25, 0.3) is 0 Å². The number of carbonyl (C=O) groups excluding carboxylic acids is 2. The summed E-state index contributed by atoms with van der Waals surface area (Å²) in [4.78, 5) is 43.9. The quantitative estimate of drug-likeness (QED) is 0.145. The van der Waals surface area contributed by atoms with Crippen molar-refractivity contribution in [3.63, 3.8) is 0 Å². The van der Waals surface area contributed by atoms with E-state index in [1.54, 1.807) is 0 Å². The van der Waals surface area contributed by atoms with Gasteiger partial charge in [0.05, 0.1) is 12.8 Å². The first kappa shape index (κ1) is 28.2. The average Bonchev–Trinajstić information content (AvgIpc) is 2.65. The smallest absolute Gasteiger partial charge is 0.298 e. The van der Waals surface area contributed by atoms with Gasteiger partial charge in [-0.2, -0.15) is 21.5 Å². The highest BCUT2D eigenvalue weighted by Gasteiger charge is 2.22. The SMILES string of the molecule is CCCCCC(C)(C)OOC(=O)CCSCCC(=O)OOC(C)(C)CCCCC. The van der Waals surface area contributed by atoms with E-state index in [0.717, 1.165) is 51.4 Å². The summed E-state index contributed by atoms with van der Waals surface area (Å²) in [6.45, 7) is 12.0. The van der Waals surface area contributed by atoms with E-state index in [1.165, 1.54) is 11.8 Å². The van der Waals surface area contributed by atoms with Crippen LogP contribution in [-0.2, 0) is 29.1 Å². The fraction of sp³-hybridized carbons (Fsp3) is 0.909. The zero-order chi connectivity index (χ0) is 22.2. The summed E-state index contributed by atoms with van der Waals surface area (Å²) in [5.74, 6) is 0.353. The van der Waals surface area contributed by atoms with Gasteiger partial charge in [-0.05, 0) is 40.5 Å². The summed E-state index contributed by atoms with van der Waals surface area (Å²) < 4.78 is 0. The number of carbonyl (C=O) groups is 2. The lowest BCUT2D eigenvalue weighted by Crippen LogP contribution is -2.26. The van der Waals surface area contributed by atoms with Gasteiger partial charge in [0.2, 0.25) is 0 Å². The van der Waals surface area contributed by atoms with Crippen molar-refractivity contribution < 1.29 is 29.1 Å². The second-order valence-electron chi connectivity index (χ2n) is 8.62. The molecule has 0 aliphatic rings. The average molecular weight is 435 g/mol. The third-order valence-corrected chi connectivity index (χ3v) is 5.37. The molecule has 172 valence electrons. The van der Waals surface area contributed by atoms with Crippen molar-refractivity contribution in [3.05, 3.63) is 0 Å². The predicted octanol–water partition coefficient (Wildman–Crippen LogP) is 6.17. The molecule has 0 N–H and O–H groups in total. The molecule has 0 aliphatic heterocycles. The third-order valence-electron chi connectivity index (χ3n) is 4.39. The van der Waals surface area contributed by atoms with E-state index in [2.05, 4.69) is 13.8 Å². The molecule has 0 aromatic heterocycles. The predicted molar refractivity (Wildman–Crippen MR) is 117 cm³/mol. The summed E-state index contributed by atoms with van der Waals surface area (Å²) in [7, 11) is 0. The standard InChI is InChI=1S/C22H42O6S/c1-7-9-11-15-21(3,4)27-25-19(23)13-17-29-18-14-20(24)26-28-22(5,6)16-12-10-8-2/h7-18H2,1-6H3. The molecule has 0 amide bonds. The molecule has 0 spiro atoms. The van der Waals surface area contributed by atoms with Gasteiger partial charge >= 0.3 is 11.9 Å². The van der Waals surface area contributed by atoms with Crippen LogP contribution in [-0.4, -0.2) is 34.6 Å². The van der Waals surface area contributed by atoms with Crippen molar-refractivity contribution in [2.75, 3.05) is 11.5 Å². The van der Waals surface area contributed by atoms with E-state index in [9.17, 15) is 9.59 Å². The largest absolute Gasteiger partial charge is 0.343 e. The molecular formula is C22H42O6S. The van der Waals surface area contributed by atoms with E-state index < -0.39 is 11.2 Å². The molecule has 0 aliphatic carbocycles. The summed E-state index contributed by atoms with van der Waals surface area (Å²) in [6, 6.07) is 0. The van der Waals surface area contributed by atoms with Crippen LogP contribution in [0.25, 0.3) is 0 Å². The van der Waals surface area contributed by atoms with Crippen LogP contribution in [0.4, 0.5) is 0 Å². The number of hydrogen-bond acceptors (Lipinski definition) is 7. The molecule has 0 aromatic carbocycles. The summed E-state index contributed by atoms with van der Waals surface area (Å²) in [6.07, 6.45) is 8.84. The van der Waals surface area contributed by atoms with Crippen molar-refractivity contribution in [2.24, 2.45) is 0 Å². The van der Waals surface area contributed by atoms with E-state index in [4.69, 9.17) is 19.6 Å². The zero-order valence-electron chi connectivity index (χ0n) is 19.3. The van der Waals surface area contributed by atoms with Crippen molar-refractivity contribution in [1.82, 2.24) is 0 Å². The Hall–Kier alpha value is -0.790. The Morgan fingerprint density at radius 2 is 1.07 bits per heavy atom. The summed E-state index contributed by atoms with van der Waals surface area (Å²) >= 11 is 1.50. The maximum Gasteiger partial charge on any atom is 0.343 e. The van der Waals surface area contributed by atoms with Crippen LogP contribution in [0.3, 0.4) is 0 Å². The van der Waals surface area contributed by atoms with Crippen LogP contribution in [0.1, 0.15) is 106 Å². The Labute approximate surface area is 181 Å². The highest BCUT2D eigenvalue weighted by atomic mass is 32.2. The Kier molecular flexibility index (Phi) is 15.5. The van der Waals surface area contributed by atoms with Gasteiger partial charge in [0, 0.05) is 11.5 Å². The number of unbranched alkanes of at least 4 members (excludes halogenated alkanes) is 4. The van der Waals surface area contributed by atoms with Crippen LogP contribution in [0.15, 0.2) is 0 Å². The Balaban J connectivity index is 3.76. The summed E-state index contributed by atoms with van der Waals surface area (Å²) in [5.41, 5.74) is -0.932. The molecule has 0 radical (unpaired) electrons. The first-order valence-corrected chi connectivity index (χ1v) is 12.1. The van der Waals surface area contributed by atoms with Gasteiger partial charge in [0.1, 0.15) is 11.2 Å². The molecule has 7 heteroatoms. The first-order valence-electron chi connectivity index (χ1n) is 11.0. The molecule has 0 rings (SSSR count). The van der Waals surface area contributed by atoms with Gasteiger partial charge in [0.15, 0.2) is 0 Å². The lowest BCUT2D eigenvalue weighted by Gasteiger charge is -2.22. The van der Waals surface area contributed by atoms with E-state index in [1.807, 2.05) is 27.7 Å². The van der Waals surface area contributed by atoms with Crippen LogP contribution in [0, 0.1) is 0 Å². The maximum atomic E-state index is 11.8. The zero-order valence-corrected chi connectivity index (χ0v) is 20.2.